The molecule has 4 N–H and O–H groups in total. The number of carboxylic acid groups (broad SMARTS) is 1. The van der Waals surface area contributed by atoms with Crippen LogP contribution in [0.2, 0.25) is 0 Å². The molecule has 2 aromatic carbocycles. The summed E-state index contributed by atoms with van der Waals surface area (Å²) < 4.78 is 0. The summed E-state index contributed by atoms with van der Waals surface area (Å²) in [5, 5.41) is 22.0. The van der Waals surface area contributed by atoms with E-state index in [1.54, 1.807) is 37.3 Å². The number of rotatable bonds is 4. The van der Waals surface area contributed by atoms with Crippen molar-refractivity contribution in [2.75, 3.05) is 5.32 Å². The molecule has 7 nitrogen and oxygen atoms in total. The van der Waals surface area contributed by atoms with Crippen LogP contribution in [0.5, 0.6) is 5.75 Å². The number of aliphatic carboxylic acids is 1. The van der Waals surface area contributed by atoms with Gasteiger partial charge in [0.15, 0.2) is 5.78 Å². The monoisotopic (exact) mass is 442 g/mol. The second kappa shape index (κ2) is 7.78. The molecule has 0 saturated carbocycles. The molecule has 1 aliphatic heterocycles. The number of phenolic OH excluding ortho intramolecular Hbond substituents is 1. The summed E-state index contributed by atoms with van der Waals surface area (Å²) in [7, 11) is 0. The quantitative estimate of drug-likeness (QED) is 0.441. The average molecular weight is 442 g/mol. The molecule has 33 heavy (non-hydrogen) atoms. The second-order valence-corrected chi connectivity index (χ2v) is 8.46. The molecule has 0 spiro atoms. The van der Waals surface area contributed by atoms with Gasteiger partial charge in [-0.2, -0.15) is 0 Å². The van der Waals surface area contributed by atoms with E-state index in [1.165, 1.54) is 0 Å². The van der Waals surface area contributed by atoms with Crippen molar-refractivity contribution >= 4 is 35.0 Å². The number of carbonyl (C=O) groups excluding carboxylic acids is 2. The van der Waals surface area contributed by atoms with E-state index in [-0.39, 0.29) is 17.4 Å². The van der Waals surface area contributed by atoms with Crippen molar-refractivity contribution < 1.29 is 24.6 Å². The number of benzene rings is 2. The number of anilines is 1. The molecule has 2 heterocycles. The number of phenols is 1. The van der Waals surface area contributed by atoms with Crippen LogP contribution in [0.25, 0.3) is 22.8 Å². The fourth-order valence-corrected chi connectivity index (χ4v) is 4.65. The van der Waals surface area contributed by atoms with Crippen molar-refractivity contribution in [2.45, 2.75) is 32.1 Å². The third kappa shape index (κ3) is 3.51. The van der Waals surface area contributed by atoms with Gasteiger partial charge in [-0.15, -0.1) is 0 Å². The van der Waals surface area contributed by atoms with Crippen LogP contribution in [0.4, 0.5) is 5.69 Å². The first kappa shape index (κ1) is 20.8. The summed E-state index contributed by atoms with van der Waals surface area (Å²) in [5.41, 5.74) is 5.68. The predicted octanol–water partition coefficient (Wildman–Crippen LogP) is 4.59. The second-order valence-electron chi connectivity index (χ2n) is 8.46. The Hall–Kier alpha value is -4.13. The third-order valence-electron chi connectivity index (χ3n) is 6.35. The number of carbonyl (C=O) groups is 3. The number of Topliss-reactive ketones (excluding diaryl/α,β-unsaturated/α-hetero) is 1. The predicted molar refractivity (Wildman–Crippen MR) is 124 cm³/mol. The number of H-pyrrole nitrogens is 1. The lowest BCUT2D eigenvalue weighted by Gasteiger charge is -2.14. The molecule has 1 aromatic heterocycles. The molecular formula is C26H22N2O5. The van der Waals surface area contributed by atoms with Crippen molar-refractivity contribution in [2.24, 2.45) is 0 Å². The molecule has 166 valence electrons. The Morgan fingerprint density at radius 1 is 1.06 bits per heavy atom. The van der Waals surface area contributed by atoms with Crippen LogP contribution in [0.1, 0.15) is 58.6 Å². The van der Waals surface area contributed by atoms with E-state index in [4.69, 9.17) is 0 Å². The molecule has 0 radical (unpaired) electrons. The number of ketones is 1. The minimum atomic E-state index is -1.02. The fourth-order valence-electron chi connectivity index (χ4n) is 4.65. The highest BCUT2D eigenvalue weighted by atomic mass is 16.4. The van der Waals surface area contributed by atoms with Crippen molar-refractivity contribution in [3.63, 3.8) is 0 Å². The maximum absolute atomic E-state index is 12.8. The zero-order valence-electron chi connectivity index (χ0n) is 17.9. The highest BCUT2D eigenvalue weighted by Gasteiger charge is 2.32. The number of aromatic amines is 1. The first-order valence-electron chi connectivity index (χ1n) is 10.8. The van der Waals surface area contributed by atoms with Crippen molar-refractivity contribution in [3.05, 3.63) is 70.5 Å². The molecule has 0 saturated heterocycles. The molecule has 5 rings (SSSR count). The molecule has 0 bridgehead atoms. The number of aromatic hydroxyl groups is 1. The summed E-state index contributed by atoms with van der Waals surface area (Å²) in [6.07, 6.45) is 3.43. The Bertz CT molecular complexity index is 1350. The Kier molecular flexibility index (Phi) is 4.89. The number of aryl methyl sites for hydroxylation is 1. The van der Waals surface area contributed by atoms with Gasteiger partial charge in [-0.25, -0.2) is 0 Å². The summed E-state index contributed by atoms with van der Waals surface area (Å²) in [5.74, 6) is -2.09. The topological polar surface area (TPSA) is 119 Å². The van der Waals surface area contributed by atoms with Crippen LogP contribution in [0.3, 0.4) is 0 Å². The van der Waals surface area contributed by atoms with Gasteiger partial charge in [0.1, 0.15) is 5.75 Å². The van der Waals surface area contributed by atoms with Gasteiger partial charge in [0.25, 0.3) is 5.91 Å². The average Bonchev–Trinajstić information content (AvgIpc) is 3.31. The third-order valence-corrected chi connectivity index (χ3v) is 6.35. The van der Waals surface area contributed by atoms with E-state index in [2.05, 4.69) is 10.3 Å². The molecule has 1 unspecified atom stereocenters. The van der Waals surface area contributed by atoms with Crippen molar-refractivity contribution in [1.82, 2.24) is 4.98 Å². The Morgan fingerprint density at radius 3 is 2.52 bits per heavy atom. The van der Waals surface area contributed by atoms with Gasteiger partial charge in [0, 0.05) is 40.2 Å². The van der Waals surface area contributed by atoms with E-state index >= 15 is 0 Å². The number of hydrogen-bond acceptors (Lipinski definition) is 4. The van der Waals surface area contributed by atoms with Crippen molar-refractivity contribution in [1.29, 1.82) is 0 Å². The number of carboxylic acids is 1. The minimum absolute atomic E-state index is 0.0601. The molecule has 0 fully saturated rings. The molecule has 1 atom stereocenters. The van der Waals surface area contributed by atoms with Crippen molar-refractivity contribution in [3.8, 4) is 16.9 Å². The SMILES string of the molecule is CC(C(=O)O)c1c(/C=C2\C(=O)Nc3cc(-c4ccc(O)cc4)ccc32)[nH]c2c1C(=O)CCC2. The molecule has 1 amide bonds. The van der Waals surface area contributed by atoms with E-state index in [0.717, 1.165) is 16.8 Å². The number of fused-ring (bicyclic) bond motifs is 2. The first-order chi connectivity index (χ1) is 15.8. The maximum atomic E-state index is 12.8. The number of amides is 1. The zero-order chi connectivity index (χ0) is 23.3. The molecule has 3 aromatic rings. The zero-order valence-corrected chi connectivity index (χ0v) is 17.9. The van der Waals surface area contributed by atoms with Gasteiger partial charge in [0.2, 0.25) is 0 Å². The highest BCUT2D eigenvalue weighted by Crippen LogP contribution is 2.39. The van der Waals surface area contributed by atoms with Crippen LogP contribution >= 0.6 is 0 Å². The van der Waals surface area contributed by atoms with Gasteiger partial charge < -0.3 is 20.5 Å². The van der Waals surface area contributed by atoms with Crippen LogP contribution in [-0.2, 0) is 16.0 Å². The number of hydrogen-bond donors (Lipinski definition) is 4. The van der Waals surface area contributed by atoms with E-state index in [9.17, 15) is 24.6 Å². The molecular weight excluding hydrogens is 420 g/mol. The van der Waals surface area contributed by atoms with Crippen LogP contribution in [0, 0.1) is 0 Å². The molecule has 7 heteroatoms. The fraction of sp³-hybridized carbons (Fsp3) is 0.192. The van der Waals surface area contributed by atoms with Gasteiger partial charge >= 0.3 is 5.97 Å². The first-order valence-corrected chi connectivity index (χ1v) is 10.8. The van der Waals surface area contributed by atoms with Crippen LogP contribution in [-0.4, -0.2) is 32.9 Å². The van der Waals surface area contributed by atoms with Gasteiger partial charge in [-0.05, 0) is 55.2 Å². The Labute approximate surface area is 189 Å². The standard InChI is InChI=1S/C26H22N2O5/c1-13(26(32)33)23-21(27-19-3-2-4-22(30)24(19)23)12-18-17-10-7-15(11-20(17)28-25(18)31)14-5-8-16(29)9-6-14/h5-13,27,29H,2-4H2,1H3,(H,28,31)(H,32,33)/b18-12-. The number of aromatic nitrogens is 1. The Morgan fingerprint density at radius 2 is 1.79 bits per heavy atom. The lowest BCUT2D eigenvalue weighted by atomic mass is 9.87. The molecule has 1 aliphatic carbocycles. The van der Waals surface area contributed by atoms with Crippen LogP contribution < -0.4 is 5.32 Å². The van der Waals surface area contributed by atoms with Crippen LogP contribution in [0.15, 0.2) is 42.5 Å². The molecule has 2 aliphatic rings. The smallest absolute Gasteiger partial charge is 0.310 e. The highest BCUT2D eigenvalue weighted by molar-refractivity contribution is 6.35. The minimum Gasteiger partial charge on any atom is -0.508 e. The summed E-state index contributed by atoms with van der Waals surface area (Å²) in [6, 6.07) is 12.4. The summed E-state index contributed by atoms with van der Waals surface area (Å²) in [6.45, 7) is 1.56. The largest absolute Gasteiger partial charge is 0.508 e. The summed E-state index contributed by atoms with van der Waals surface area (Å²) in [4.78, 5) is 40.5. The van der Waals surface area contributed by atoms with Gasteiger partial charge in [-0.3, -0.25) is 14.4 Å². The normalized spacial score (nSPS) is 16.9. The van der Waals surface area contributed by atoms with Gasteiger partial charge in [-0.1, -0.05) is 24.3 Å². The lowest BCUT2D eigenvalue weighted by Crippen LogP contribution is -2.15. The van der Waals surface area contributed by atoms with E-state index < -0.39 is 11.9 Å². The van der Waals surface area contributed by atoms with Gasteiger partial charge in [0.05, 0.1) is 11.5 Å². The lowest BCUT2D eigenvalue weighted by molar-refractivity contribution is -0.138. The van der Waals surface area contributed by atoms with E-state index in [0.29, 0.717) is 52.9 Å². The van der Waals surface area contributed by atoms with E-state index in [1.807, 2.05) is 18.2 Å². The Balaban J connectivity index is 1.60. The summed E-state index contributed by atoms with van der Waals surface area (Å²) >= 11 is 0. The maximum Gasteiger partial charge on any atom is 0.310 e. The number of nitrogens with one attached hydrogen (secondary N) is 2.